The van der Waals surface area contributed by atoms with E-state index in [1.165, 1.54) is 0 Å². The van der Waals surface area contributed by atoms with E-state index >= 15 is 0 Å². The van der Waals surface area contributed by atoms with Crippen LogP contribution in [-0.4, -0.2) is 12.7 Å². The normalized spacial score (nSPS) is 9.30. The SMILES string of the molecule is Nc1cccc(BOO)c1. The fourth-order valence-corrected chi connectivity index (χ4v) is 0.757. The molecule has 3 N–H and O–H groups in total. The summed E-state index contributed by atoms with van der Waals surface area (Å²) in [6.45, 7) is 0. The second-order valence-corrected chi connectivity index (χ2v) is 2.02. The van der Waals surface area contributed by atoms with Crippen LogP contribution >= 0.6 is 0 Å². The van der Waals surface area contributed by atoms with Gasteiger partial charge >= 0.3 is 7.48 Å². The molecular weight excluding hydrogens is 129 g/mol. The molecule has 1 aromatic carbocycles. The molecule has 3 nitrogen and oxygen atoms in total. The number of nitrogens with two attached hydrogens (primary N) is 1. The molecule has 0 spiro atoms. The van der Waals surface area contributed by atoms with Gasteiger partial charge in [0.2, 0.25) is 0 Å². The quantitative estimate of drug-likeness (QED) is 0.255. The molecule has 0 aromatic heterocycles. The predicted molar refractivity (Wildman–Crippen MR) is 41.4 cm³/mol. The van der Waals surface area contributed by atoms with E-state index in [1.54, 1.807) is 12.1 Å². The highest BCUT2D eigenvalue weighted by atomic mass is 17.1. The van der Waals surface area contributed by atoms with Gasteiger partial charge in [-0.1, -0.05) is 12.1 Å². The second-order valence-electron chi connectivity index (χ2n) is 2.02. The molecule has 0 saturated carbocycles. The van der Waals surface area contributed by atoms with Crippen molar-refractivity contribution >= 4 is 18.6 Å². The van der Waals surface area contributed by atoms with Crippen LogP contribution in [0, 0.1) is 0 Å². The summed E-state index contributed by atoms with van der Waals surface area (Å²) >= 11 is 0. The lowest BCUT2D eigenvalue weighted by Gasteiger charge is -1.95. The van der Waals surface area contributed by atoms with Crippen molar-refractivity contribution in [2.45, 2.75) is 0 Å². The molecule has 0 saturated heterocycles. The smallest absolute Gasteiger partial charge is 0.355 e. The summed E-state index contributed by atoms with van der Waals surface area (Å²) in [5.74, 6) is 0. The number of benzene rings is 1. The van der Waals surface area contributed by atoms with Gasteiger partial charge in [-0.05, 0) is 17.6 Å². The Balaban J connectivity index is 2.75. The Morgan fingerprint density at radius 3 is 2.90 bits per heavy atom. The van der Waals surface area contributed by atoms with Gasteiger partial charge in [0.15, 0.2) is 0 Å². The minimum Gasteiger partial charge on any atom is -0.399 e. The monoisotopic (exact) mass is 137 g/mol. The molecule has 0 bridgehead atoms. The minimum absolute atomic E-state index is 0.186. The molecule has 0 fully saturated rings. The maximum Gasteiger partial charge on any atom is 0.355 e. The van der Waals surface area contributed by atoms with Crippen molar-refractivity contribution < 1.29 is 10.1 Å². The van der Waals surface area contributed by atoms with Crippen molar-refractivity contribution in [1.29, 1.82) is 0 Å². The van der Waals surface area contributed by atoms with Crippen molar-refractivity contribution in [3.05, 3.63) is 24.3 Å². The molecule has 1 rings (SSSR count). The maximum absolute atomic E-state index is 8.07. The van der Waals surface area contributed by atoms with Crippen LogP contribution in [0.4, 0.5) is 5.69 Å². The molecule has 0 amide bonds. The van der Waals surface area contributed by atoms with Gasteiger partial charge in [-0.25, -0.2) is 0 Å². The van der Waals surface area contributed by atoms with Gasteiger partial charge in [0, 0.05) is 5.69 Å². The van der Waals surface area contributed by atoms with Gasteiger partial charge in [-0.2, -0.15) is 0 Å². The first-order valence-corrected chi connectivity index (χ1v) is 2.93. The molecule has 10 heavy (non-hydrogen) atoms. The summed E-state index contributed by atoms with van der Waals surface area (Å²) in [7, 11) is 0.186. The zero-order valence-corrected chi connectivity index (χ0v) is 5.45. The van der Waals surface area contributed by atoms with Crippen LogP contribution in [0.1, 0.15) is 0 Å². The minimum atomic E-state index is 0.186. The molecule has 0 radical (unpaired) electrons. The van der Waals surface area contributed by atoms with Crippen LogP contribution in [0.2, 0.25) is 0 Å². The fourth-order valence-electron chi connectivity index (χ4n) is 0.757. The highest BCUT2D eigenvalue weighted by Crippen LogP contribution is 1.95. The average molecular weight is 137 g/mol. The Morgan fingerprint density at radius 2 is 2.30 bits per heavy atom. The van der Waals surface area contributed by atoms with Gasteiger partial charge in [0.25, 0.3) is 0 Å². The van der Waals surface area contributed by atoms with Crippen molar-refractivity contribution in [2.75, 3.05) is 5.73 Å². The average Bonchev–Trinajstić information content (AvgIpc) is 1.88. The highest BCUT2D eigenvalue weighted by molar-refractivity contribution is 6.46. The third-order valence-corrected chi connectivity index (χ3v) is 1.18. The molecule has 1 aromatic rings. The first kappa shape index (κ1) is 7.12. The Labute approximate surface area is 59.6 Å². The van der Waals surface area contributed by atoms with Crippen LogP contribution in [0.3, 0.4) is 0 Å². The third kappa shape index (κ3) is 1.75. The molecule has 0 atom stereocenters. The Kier molecular flexibility index (Phi) is 2.31. The Morgan fingerprint density at radius 1 is 1.50 bits per heavy atom. The van der Waals surface area contributed by atoms with E-state index in [4.69, 9.17) is 11.0 Å². The van der Waals surface area contributed by atoms with E-state index in [2.05, 4.69) is 4.81 Å². The van der Waals surface area contributed by atoms with Crippen LogP contribution in [0.25, 0.3) is 0 Å². The van der Waals surface area contributed by atoms with E-state index in [0.717, 1.165) is 5.46 Å². The highest BCUT2D eigenvalue weighted by Gasteiger charge is 1.94. The van der Waals surface area contributed by atoms with E-state index in [1.807, 2.05) is 12.1 Å². The molecule has 52 valence electrons. The summed E-state index contributed by atoms with van der Waals surface area (Å²) in [4.78, 5) is 3.93. The summed E-state index contributed by atoms with van der Waals surface area (Å²) in [5, 5.41) is 8.07. The Hall–Kier alpha value is -0.995. The van der Waals surface area contributed by atoms with Gasteiger partial charge in [-0.3, -0.25) is 5.26 Å². The zero-order chi connectivity index (χ0) is 7.40. The Bertz CT molecular complexity index is 217. The van der Waals surface area contributed by atoms with Gasteiger partial charge in [-0.15, -0.1) is 0 Å². The molecule has 0 aliphatic carbocycles. The lowest BCUT2D eigenvalue weighted by molar-refractivity contribution is -0.135. The van der Waals surface area contributed by atoms with Crippen LogP contribution in [-0.2, 0) is 4.81 Å². The number of anilines is 1. The summed E-state index contributed by atoms with van der Waals surface area (Å²) in [5.41, 5.74) is 6.99. The molecule has 0 heterocycles. The number of hydrogen-bond acceptors (Lipinski definition) is 3. The van der Waals surface area contributed by atoms with E-state index in [-0.39, 0.29) is 7.48 Å². The van der Waals surface area contributed by atoms with Crippen molar-refractivity contribution in [1.82, 2.24) is 0 Å². The van der Waals surface area contributed by atoms with Crippen LogP contribution in [0.5, 0.6) is 0 Å². The second kappa shape index (κ2) is 3.24. The van der Waals surface area contributed by atoms with Crippen LogP contribution in [0.15, 0.2) is 24.3 Å². The topological polar surface area (TPSA) is 55.5 Å². The molecular formula is C6H8BNO2. The van der Waals surface area contributed by atoms with Gasteiger partial charge in [0.1, 0.15) is 0 Å². The lowest BCUT2D eigenvalue weighted by Crippen LogP contribution is -2.15. The van der Waals surface area contributed by atoms with E-state index in [0.29, 0.717) is 5.69 Å². The van der Waals surface area contributed by atoms with Crippen molar-refractivity contribution in [3.63, 3.8) is 0 Å². The van der Waals surface area contributed by atoms with E-state index < -0.39 is 0 Å². The zero-order valence-electron chi connectivity index (χ0n) is 5.45. The fraction of sp³-hybridized carbons (Fsp3) is 0. The van der Waals surface area contributed by atoms with E-state index in [9.17, 15) is 0 Å². The summed E-state index contributed by atoms with van der Waals surface area (Å²) in [6, 6.07) is 7.16. The van der Waals surface area contributed by atoms with Crippen LogP contribution < -0.4 is 11.2 Å². The number of hydrogen-bond donors (Lipinski definition) is 2. The number of rotatable bonds is 2. The standard InChI is InChI=1S/C6H8BNO2/c8-6-3-1-2-5(4-6)7-10-9/h1-4,7,9H,8H2. The van der Waals surface area contributed by atoms with Gasteiger partial charge in [0.05, 0.1) is 0 Å². The molecule has 0 aliphatic heterocycles. The molecule has 0 aliphatic rings. The molecule has 0 unspecified atom stereocenters. The first-order valence-electron chi connectivity index (χ1n) is 2.93. The maximum atomic E-state index is 8.07. The first-order chi connectivity index (χ1) is 4.83. The van der Waals surface area contributed by atoms with Gasteiger partial charge < -0.3 is 10.5 Å². The predicted octanol–water partition coefficient (Wildman–Crippen LogP) is -0.265. The van der Waals surface area contributed by atoms with Crippen molar-refractivity contribution in [3.8, 4) is 0 Å². The molecule has 4 heteroatoms. The lowest BCUT2D eigenvalue weighted by atomic mass is 9.88. The third-order valence-electron chi connectivity index (χ3n) is 1.18. The van der Waals surface area contributed by atoms with Crippen molar-refractivity contribution in [2.24, 2.45) is 0 Å². The summed E-state index contributed by atoms with van der Waals surface area (Å²) < 4.78 is 0. The largest absolute Gasteiger partial charge is 0.399 e. The summed E-state index contributed by atoms with van der Waals surface area (Å²) in [6.07, 6.45) is 0. The number of nitrogen functional groups attached to an aromatic ring is 1.